The fourth-order valence-corrected chi connectivity index (χ4v) is 4.25. The minimum atomic E-state index is -3.52. The number of hydrogen-bond acceptors (Lipinski definition) is 4. The maximum Gasteiger partial charge on any atom is 0.237 e. The van der Waals surface area contributed by atoms with Gasteiger partial charge in [0.1, 0.15) is 5.75 Å². The molecule has 1 heterocycles. The molecule has 0 unspecified atom stereocenters. The molecule has 1 N–H and O–H groups in total. The Kier molecular flexibility index (Phi) is 5.18. The van der Waals surface area contributed by atoms with Gasteiger partial charge in [-0.3, -0.25) is 4.72 Å². The van der Waals surface area contributed by atoms with Gasteiger partial charge in [-0.15, -0.1) is 0 Å². The summed E-state index contributed by atoms with van der Waals surface area (Å²) in [5, 5.41) is 0. The molecular weight excluding hydrogens is 336 g/mol. The van der Waals surface area contributed by atoms with E-state index in [0.717, 1.165) is 29.9 Å². The smallest absolute Gasteiger partial charge is 0.237 e. The van der Waals surface area contributed by atoms with Crippen LogP contribution in [0.2, 0.25) is 0 Å². The van der Waals surface area contributed by atoms with Gasteiger partial charge in [0.2, 0.25) is 10.0 Å². The van der Waals surface area contributed by atoms with Crippen molar-refractivity contribution >= 4 is 21.4 Å². The van der Waals surface area contributed by atoms with Crippen molar-refractivity contribution in [2.45, 2.75) is 25.5 Å². The Morgan fingerprint density at radius 2 is 1.76 bits per heavy atom. The van der Waals surface area contributed by atoms with Crippen LogP contribution in [0.4, 0.5) is 11.4 Å². The second-order valence-corrected chi connectivity index (χ2v) is 8.15. The summed E-state index contributed by atoms with van der Waals surface area (Å²) in [6.07, 6.45) is 2.33. The van der Waals surface area contributed by atoms with E-state index in [4.69, 9.17) is 4.74 Å². The van der Waals surface area contributed by atoms with Crippen LogP contribution in [0, 0.1) is 6.92 Å². The van der Waals surface area contributed by atoms with Crippen molar-refractivity contribution < 1.29 is 13.2 Å². The number of rotatable bonds is 6. The molecule has 3 rings (SSSR count). The number of sulfonamides is 1. The molecule has 0 aliphatic carbocycles. The third-order valence-corrected chi connectivity index (χ3v) is 5.64. The minimum absolute atomic E-state index is 0.0651. The summed E-state index contributed by atoms with van der Waals surface area (Å²) in [4.78, 5) is 2.26. The minimum Gasteiger partial charge on any atom is -0.495 e. The quantitative estimate of drug-likeness (QED) is 0.856. The molecule has 1 aliphatic rings. The Morgan fingerprint density at radius 3 is 2.40 bits per heavy atom. The Morgan fingerprint density at radius 1 is 1.08 bits per heavy atom. The monoisotopic (exact) mass is 360 g/mol. The highest BCUT2D eigenvalue weighted by molar-refractivity contribution is 7.91. The van der Waals surface area contributed by atoms with Crippen molar-refractivity contribution in [2.24, 2.45) is 0 Å². The molecule has 1 saturated heterocycles. The lowest BCUT2D eigenvalue weighted by molar-refractivity contribution is 0.417. The first kappa shape index (κ1) is 17.6. The van der Waals surface area contributed by atoms with E-state index in [1.54, 1.807) is 7.11 Å². The molecule has 134 valence electrons. The Balaban J connectivity index is 1.81. The number of aryl methyl sites for hydroxylation is 1. The number of methoxy groups -OCH3 is 1. The number of anilines is 2. The van der Waals surface area contributed by atoms with Crippen LogP contribution < -0.4 is 14.4 Å². The molecule has 6 heteroatoms. The fourth-order valence-electron chi connectivity index (χ4n) is 3.06. The molecule has 25 heavy (non-hydrogen) atoms. The van der Waals surface area contributed by atoms with Gasteiger partial charge < -0.3 is 9.64 Å². The van der Waals surface area contributed by atoms with Crippen LogP contribution in [-0.4, -0.2) is 28.6 Å². The highest BCUT2D eigenvalue weighted by atomic mass is 32.2. The van der Waals surface area contributed by atoms with Gasteiger partial charge in [0.15, 0.2) is 0 Å². The Hall–Kier alpha value is -2.21. The third kappa shape index (κ3) is 4.45. The lowest BCUT2D eigenvalue weighted by Gasteiger charge is -2.20. The van der Waals surface area contributed by atoms with Crippen LogP contribution in [0.15, 0.2) is 42.5 Å². The number of nitrogens with one attached hydrogen (secondary N) is 1. The normalized spacial score (nSPS) is 14.6. The van der Waals surface area contributed by atoms with Crippen LogP contribution in [0.5, 0.6) is 5.75 Å². The van der Waals surface area contributed by atoms with Crippen molar-refractivity contribution in [2.75, 3.05) is 29.8 Å². The standard InChI is InChI=1S/C19H24N2O3S/c1-15-5-7-16(8-6-15)14-25(22,23)20-18-13-17(9-10-19(18)24-2)21-11-3-4-12-21/h5-10,13,20H,3-4,11-12,14H2,1-2H3. The topological polar surface area (TPSA) is 58.6 Å². The average molecular weight is 360 g/mol. The molecule has 0 atom stereocenters. The molecule has 0 aromatic heterocycles. The van der Waals surface area contributed by atoms with E-state index in [2.05, 4.69) is 9.62 Å². The summed E-state index contributed by atoms with van der Waals surface area (Å²) >= 11 is 0. The van der Waals surface area contributed by atoms with Crippen molar-refractivity contribution in [3.8, 4) is 5.75 Å². The van der Waals surface area contributed by atoms with Gasteiger partial charge in [-0.25, -0.2) is 8.42 Å². The maximum atomic E-state index is 12.6. The van der Waals surface area contributed by atoms with Crippen LogP contribution in [-0.2, 0) is 15.8 Å². The van der Waals surface area contributed by atoms with Crippen molar-refractivity contribution in [1.82, 2.24) is 0 Å². The summed E-state index contributed by atoms with van der Waals surface area (Å²) in [5.41, 5.74) is 3.37. The van der Waals surface area contributed by atoms with Crippen LogP contribution in [0.3, 0.4) is 0 Å². The van der Waals surface area contributed by atoms with E-state index in [0.29, 0.717) is 11.4 Å². The van der Waals surface area contributed by atoms with Gasteiger partial charge in [-0.1, -0.05) is 29.8 Å². The van der Waals surface area contributed by atoms with E-state index < -0.39 is 10.0 Å². The summed E-state index contributed by atoms with van der Waals surface area (Å²) in [5.74, 6) is 0.458. The number of benzene rings is 2. The molecular formula is C19H24N2O3S. The van der Waals surface area contributed by atoms with Crippen molar-refractivity contribution in [1.29, 1.82) is 0 Å². The second-order valence-electron chi connectivity index (χ2n) is 6.43. The zero-order valence-electron chi connectivity index (χ0n) is 14.7. The lowest BCUT2D eigenvalue weighted by Crippen LogP contribution is -2.19. The first-order valence-electron chi connectivity index (χ1n) is 8.46. The largest absolute Gasteiger partial charge is 0.495 e. The zero-order valence-corrected chi connectivity index (χ0v) is 15.5. The second kappa shape index (κ2) is 7.35. The van der Waals surface area contributed by atoms with Crippen molar-refractivity contribution in [3.05, 3.63) is 53.6 Å². The fraction of sp³-hybridized carbons (Fsp3) is 0.368. The van der Waals surface area contributed by atoms with Crippen LogP contribution in [0.1, 0.15) is 24.0 Å². The molecule has 1 fully saturated rings. The molecule has 2 aromatic rings. The van der Waals surface area contributed by atoms with E-state index in [1.807, 2.05) is 49.4 Å². The SMILES string of the molecule is COc1ccc(N2CCCC2)cc1NS(=O)(=O)Cc1ccc(C)cc1. The predicted octanol–water partition coefficient (Wildman–Crippen LogP) is 3.55. The lowest BCUT2D eigenvalue weighted by atomic mass is 10.2. The molecule has 0 bridgehead atoms. The van der Waals surface area contributed by atoms with Crippen LogP contribution in [0.25, 0.3) is 0 Å². The number of nitrogens with zero attached hydrogens (tertiary/aromatic N) is 1. The van der Waals surface area contributed by atoms with Gasteiger partial charge in [-0.2, -0.15) is 0 Å². The van der Waals surface area contributed by atoms with E-state index in [-0.39, 0.29) is 5.75 Å². The van der Waals surface area contributed by atoms with Crippen molar-refractivity contribution in [3.63, 3.8) is 0 Å². The highest BCUT2D eigenvalue weighted by Gasteiger charge is 2.18. The van der Waals surface area contributed by atoms with Gasteiger partial charge >= 0.3 is 0 Å². The highest BCUT2D eigenvalue weighted by Crippen LogP contribution is 2.32. The summed E-state index contributed by atoms with van der Waals surface area (Å²) in [7, 11) is -1.98. The molecule has 5 nitrogen and oxygen atoms in total. The summed E-state index contributed by atoms with van der Waals surface area (Å²) < 4.78 is 33.2. The summed E-state index contributed by atoms with van der Waals surface area (Å²) in [6.45, 7) is 3.98. The number of hydrogen-bond donors (Lipinski definition) is 1. The Bertz CT molecular complexity index is 826. The van der Waals surface area contributed by atoms with Gasteiger partial charge in [0, 0.05) is 18.8 Å². The molecule has 0 spiro atoms. The average Bonchev–Trinajstić information content (AvgIpc) is 3.11. The van der Waals surface area contributed by atoms with E-state index in [9.17, 15) is 8.42 Å². The first-order chi connectivity index (χ1) is 12.0. The van der Waals surface area contributed by atoms with Gasteiger partial charge in [0.25, 0.3) is 0 Å². The Labute approximate surface area is 149 Å². The molecule has 0 radical (unpaired) electrons. The molecule has 1 aliphatic heterocycles. The van der Waals surface area contributed by atoms with Crippen LogP contribution >= 0.6 is 0 Å². The predicted molar refractivity (Wildman–Crippen MR) is 102 cm³/mol. The van der Waals surface area contributed by atoms with E-state index >= 15 is 0 Å². The van der Waals surface area contributed by atoms with Gasteiger partial charge in [0.05, 0.1) is 18.6 Å². The maximum absolute atomic E-state index is 12.6. The van der Waals surface area contributed by atoms with E-state index in [1.165, 1.54) is 12.8 Å². The molecule has 0 amide bonds. The molecule has 2 aromatic carbocycles. The number of ether oxygens (including phenoxy) is 1. The third-order valence-electron chi connectivity index (χ3n) is 4.40. The summed E-state index contributed by atoms with van der Waals surface area (Å²) in [6, 6.07) is 13.2. The first-order valence-corrected chi connectivity index (χ1v) is 10.1. The van der Waals surface area contributed by atoms with Gasteiger partial charge in [-0.05, 0) is 43.5 Å². The zero-order chi connectivity index (χ0) is 17.9. The molecule has 0 saturated carbocycles.